The molecule has 0 aliphatic carbocycles. The SMILES string of the molecule is CCOC(=O)c1[nH]c(OC(F)(F)F)cc(=O)c1CCl. The van der Waals surface area contributed by atoms with Gasteiger partial charge < -0.3 is 14.5 Å². The molecule has 1 aromatic heterocycles. The van der Waals surface area contributed by atoms with Crippen LogP contribution in [0, 0.1) is 0 Å². The van der Waals surface area contributed by atoms with Gasteiger partial charge in [0.25, 0.3) is 0 Å². The molecule has 19 heavy (non-hydrogen) atoms. The summed E-state index contributed by atoms with van der Waals surface area (Å²) >= 11 is 5.48. The monoisotopic (exact) mass is 299 g/mol. The minimum atomic E-state index is -4.99. The van der Waals surface area contributed by atoms with E-state index in [-0.39, 0.29) is 18.1 Å². The molecule has 0 aliphatic rings. The molecule has 0 aliphatic heterocycles. The number of aromatic amines is 1. The summed E-state index contributed by atoms with van der Waals surface area (Å²) in [6.45, 7) is 1.50. The van der Waals surface area contributed by atoms with E-state index in [9.17, 15) is 22.8 Å². The van der Waals surface area contributed by atoms with E-state index in [4.69, 9.17) is 11.6 Å². The maximum Gasteiger partial charge on any atom is 0.574 e. The van der Waals surface area contributed by atoms with Crippen LogP contribution in [0.3, 0.4) is 0 Å². The molecule has 9 heteroatoms. The number of aromatic nitrogens is 1. The Balaban J connectivity index is 3.26. The molecular weight excluding hydrogens is 291 g/mol. The van der Waals surface area contributed by atoms with Crippen LogP contribution in [-0.4, -0.2) is 23.9 Å². The standard InChI is InChI=1S/C10H9ClF3NO4/c1-2-18-9(17)8-5(4-11)6(16)3-7(15-8)19-10(12,13)14/h3H,2,4H2,1H3,(H,15,16). The van der Waals surface area contributed by atoms with E-state index < -0.39 is 29.3 Å². The Hall–Kier alpha value is -1.70. The summed E-state index contributed by atoms with van der Waals surface area (Å²) in [5, 5.41) is 0. The van der Waals surface area contributed by atoms with Gasteiger partial charge in [-0.25, -0.2) is 4.79 Å². The first-order chi connectivity index (χ1) is 8.78. The third-order valence-corrected chi connectivity index (χ3v) is 2.22. The molecule has 0 radical (unpaired) electrons. The summed E-state index contributed by atoms with van der Waals surface area (Å²) in [6.07, 6.45) is -4.99. The van der Waals surface area contributed by atoms with Gasteiger partial charge in [-0.1, -0.05) is 0 Å². The van der Waals surface area contributed by atoms with Crippen molar-refractivity contribution in [1.29, 1.82) is 0 Å². The zero-order chi connectivity index (χ0) is 14.6. The van der Waals surface area contributed by atoms with Gasteiger partial charge in [0, 0.05) is 11.6 Å². The van der Waals surface area contributed by atoms with Gasteiger partial charge in [-0.3, -0.25) is 4.79 Å². The molecule has 0 bridgehead atoms. The van der Waals surface area contributed by atoms with E-state index in [1.165, 1.54) is 6.92 Å². The molecule has 106 valence electrons. The van der Waals surface area contributed by atoms with Crippen LogP contribution in [0.25, 0.3) is 0 Å². The van der Waals surface area contributed by atoms with Gasteiger partial charge in [0.15, 0.2) is 5.43 Å². The number of carbonyl (C=O) groups is 1. The van der Waals surface area contributed by atoms with Gasteiger partial charge in [0.05, 0.1) is 12.5 Å². The summed E-state index contributed by atoms with van der Waals surface area (Å²) in [5.74, 6) is -2.24. The van der Waals surface area contributed by atoms with Crippen LogP contribution in [0.1, 0.15) is 23.0 Å². The second-order valence-corrected chi connectivity index (χ2v) is 3.52. The lowest BCUT2D eigenvalue weighted by atomic mass is 10.2. The maximum atomic E-state index is 12.0. The van der Waals surface area contributed by atoms with E-state index in [2.05, 4.69) is 9.47 Å². The zero-order valence-electron chi connectivity index (χ0n) is 9.64. The zero-order valence-corrected chi connectivity index (χ0v) is 10.4. The van der Waals surface area contributed by atoms with Crippen LogP contribution < -0.4 is 10.2 Å². The molecule has 5 nitrogen and oxygen atoms in total. The van der Waals surface area contributed by atoms with Crippen LogP contribution in [0.2, 0.25) is 0 Å². The van der Waals surface area contributed by atoms with E-state index in [1.54, 1.807) is 0 Å². The van der Waals surface area contributed by atoms with Gasteiger partial charge in [0.1, 0.15) is 5.69 Å². The first-order valence-electron chi connectivity index (χ1n) is 5.03. The van der Waals surface area contributed by atoms with Crippen molar-refractivity contribution in [3.05, 3.63) is 27.5 Å². The molecule has 0 aromatic carbocycles. The second kappa shape index (κ2) is 5.96. The highest BCUT2D eigenvalue weighted by molar-refractivity contribution is 6.17. The summed E-state index contributed by atoms with van der Waals surface area (Å²) in [5.41, 5.74) is -1.49. The van der Waals surface area contributed by atoms with Crippen molar-refractivity contribution in [2.45, 2.75) is 19.2 Å². The maximum absolute atomic E-state index is 12.0. The molecule has 0 spiro atoms. The number of esters is 1. The number of H-pyrrole nitrogens is 1. The number of ether oxygens (including phenoxy) is 2. The predicted octanol–water partition coefficient (Wildman–Crippen LogP) is 2.19. The van der Waals surface area contributed by atoms with Crippen molar-refractivity contribution >= 4 is 17.6 Å². The average molecular weight is 300 g/mol. The van der Waals surface area contributed by atoms with Crippen molar-refractivity contribution < 1.29 is 27.4 Å². The molecule has 1 rings (SSSR count). The fraction of sp³-hybridized carbons (Fsp3) is 0.400. The van der Waals surface area contributed by atoms with Crippen molar-refractivity contribution in [1.82, 2.24) is 4.98 Å². The van der Waals surface area contributed by atoms with E-state index >= 15 is 0 Å². The van der Waals surface area contributed by atoms with Crippen molar-refractivity contribution in [2.24, 2.45) is 0 Å². The Morgan fingerprint density at radius 3 is 2.58 bits per heavy atom. The largest absolute Gasteiger partial charge is 0.574 e. The summed E-state index contributed by atoms with van der Waals surface area (Å²) < 4.78 is 44.3. The third kappa shape index (κ3) is 4.16. The van der Waals surface area contributed by atoms with E-state index in [0.717, 1.165) is 0 Å². The third-order valence-electron chi connectivity index (χ3n) is 1.95. The van der Waals surface area contributed by atoms with Gasteiger partial charge in [-0.15, -0.1) is 24.8 Å². The van der Waals surface area contributed by atoms with Gasteiger partial charge >= 0.3 is 12.3 Å². The van der Waals surface area contributed by atoms with E-state index in [1.807, 2.05) is 4.98 Å². The van der Waals surface area contributed by atoms with Crippen LogP contribution in [0.4, 0.5) is 13.2 Å². The molecule has 1 aromatic rings. The molecule has 1 N–H and O–H groups in total. The molecule has 0 saturated heterocycles. The molecule has 0 unspecified atom stereocenters. The van der Waals surface area contributed by atoms with Crippen LogP contribution >= 0.6 is 11.6 Å². The van der Waals surface area contributed by atoms with Gasteiger partial charge in [0.2, 0.25) is 5.88 Å². The number of alkyl halides is 4. The molecule has 0 saturated carbocycles. The lowest BCUT2D eigenvalue weighted by Crippen LogP contribution is -2.23. The lowest BCUT2D eigenvalue weighted by Gasteiger charge is -2.11. The minimum absolute atomic E-state index is 0.00700. The Morgan fingerprint density at radius 2 is 2.11 bits per heavy atom. The van der Waals surface area contributed by atoms with Crippen molar-refractivity contribution in [2.75, 3.05) is 6.61 Å². The summed E-state index contributed by atoms with van der Waals surface area (Å²) in [4.78, 5) is 25.1. The average Bonchev–Trinajstić information content (AvgIpc) is 2.26. The highest BCUT2D eigenvalue weighted by Gasteiger charge is 2.32. The number of pyridine rings is 1. The molecule has 0 amide bonds. The second-order valence-electron chi connectivity index (χ2n) is 3.25. The molecular formula is C10H9ClF3NO4. The first kappa shape index (κ1) is 15.4. The van der Waals surface area contributed by atoms with Crippen molar-refractivity contribution in [3.63, 3.8) is 0 Å². The number of rotatable bonds is 4. The normalized spacial score (nSPS) is 11.2. The molecule has 0 fully saturated rings. The lowest BCUT2D eigenvalue weighted by molar-refractivity contribution is -0.276. The Bertz CT molecular complexity index is 526. The fourth-order valence-electron chi connectivity index (χ4n) is 1.25. The van der Waals surface area contributed by atoms with Gasteiger partial charge in [-0.2, -0.15) is 0 Å². The Kier molecular flexibility index (Phi) is 4.82. The fourth-order valence-corrected chi connectivity index (χ4v) is 1.52. The van der Waals surface area contributed by atoms with E-state index in [0.29, 0.717) is 6.07 Å². The Morgan fingerprint density at radius 1 is 1.47 bits per heavy atom. The summed E-state index contributed by atoms with van der Waals surface area (Å²) in [6, 6.07) is 0.563. The van der Waals surface area contributed by atoms with Crippen LogP contribution in [0.5, 0.6) is 5.88 Å². The number of carbonyl (C=O) groups excluding carboxylic acids is 1. The van der Waals surface area contributed by atoms with Crippen LogP contribution in [-0.2, 0) is 10.6 Å². The number of hydrogen-bond donors (Lipinski definition) is 1. The minimum Gasteiger partial charge on any atom is -0.461 e. The number of nitrogens with one attached hydrogen (secondary N) is 1. The van der Waals surface area contributed by atoms with Gasteiger partial charge in [-0.05, 0) is 6.92 Å². The highest BCUT2D eigenvalue weighted by Crippen LogP contribution is 2.21. The quantitative estimate of drug-likeness (QED) is 0.683. The first-order valence-corrected chi connectivity index (χ1v) is 5.57. The molecule has 0 atom stereocenters. The number of halogens is 4. The smallest absolute Gasteiger partial charge is 0.461 e. The molecule has 1 heterocycles. The van der Waals surface area contributed by atoms with Crippen LogP contribution in [0.15, 0.2) is 10.9 Å². The van der Waals surface area contributed by atoms with Crippen molar-refractivity contribution in [3.8, 4) is 5.88 Å². The number of hydrogen-bond acceptors (Lipinski definition) is 4. The topological polar surface area (TPSA) is 68.4 Å². The summed E-state index contributed by atoms with van der Waals surface area (Å²) in [7, 11) is 0. The highest BCUT2D eigenvalue weighted by atomic mass is 35.5. The predicted molar refractivity (Wildman–Crippen MR) is 59.3 cm³/mol. The Labute approximate surface area is 110 Å².